The van der Waals surface area contributed by atoms with Gasteiger partial charge in [0, 0.05) is 64.0 Å². The first-order valence-corrected chi connectivity index (χ1v) is 32.9. The lowest BCUT2D eigenvalue weighted by Gasteiger charge is -2.52. The van der Waals surface area contributed by atoms with Gasteiger partial charge in [0.05, 0.1) is 31.8 Å². The number of hydrogen-bond donors (Lipinski definition) is 0. The van der Waals surface area contributed by atoms with Gasteiger partial charge in [0.25, 0.3) is 0 Å². The lowest BCUT2D eigenvalue weighted by molar-refractivity contribution is -0.401. The van der Waals surface area contributed by atoms with Crippen molar-refractivity contribution >= 4 is 74.3 Å². The summed E-state index contributed by atoms with van der Waals surface area (Å²) in [7, 11) is -27.5. The molecule has 52 heteroatoms. The monoisotopic (exact) mass is 1450 g/mol. The van der Waals surface area contributed by atoms with E-state index < -0.39 is 248 Å². The van der Waals surface area contributed by atoms with Crippen molar-refractivity contribution in [3.05, 3.63) is 0 Å². The Bertz CT molecular complexity index is 3080. The summed E-state index contributed by atoms with van der Waals surface area (Å²) in [5, 5.41) is 26.2. The smallest absolute Gasteiger partial charge is 0.218 e. The van der Waals surface area contributed by atoms with Crippen molar-refractivity contribution in [3.63, 3.8) is 0 Å². The van der Waals surface area contributed by atoms with Crippen LogP contribution in [0.1, 0.15) is 0 Å². The van der Waals surface area contributed by atoms with Gasteiger partial charge in [-0.3, -0.25) is 25.1 Å². The summed E-state index contributed by atoms with van der Waals surface area (Å²) in [5.74, 6) is -4.71. The Morgan fingerprint density at radius 1 is 0.286 bits per heavy atom. The molecule has 5 aliphatic heterocycles. The Balaban J connectivity index is 1.61. The lowest BCUT2D eigenvalue weighted by Crippen LogP contribution is -2.70. The predicted molar refractivity (Wildman–Crippen MR) is 257 cm³/mol. The van der Waals surface area contributed by atoms with E-state index >= 15 is 0 Å². The molecule has 25 atom stereocenters. The topological polar surface area (TPSA) is 645 Å². The van der Waals surface area contributed by atoms with Crippen molar-refractivity contribution in [1.29, 1.82) is 0 Å². The number of methoxy groups -OCH3 is 9. The van der Waals surface area contributed by atoms with E-state index in [1.807, 2.05) is 0 Å². The summed E-state index contributed by atoms with van der Waals surface area (Å²) in [6.07, 6.45) is -56.9. The second-order valence-corrected chi connectivity index (χ2v) is 25.0. The minimum absolute atomic E-state index is 0.750. The fraction of sp³-hybridized carbons (Fsp3) is 0.949. The summed E-state index contributed by atoms with van der Waals surface area (Å²) < 4.78 is 344. The van der Waals surface area contributed by atoms with Crippen LogP contribution in [0.15, 0.2) is 0 Å². The summed E-state index contributed by atoms with van der Waals surface area (Å²) in [4.78, 5) is 26.2. The Kier molecular flexibility index (Phi) is 28.4. The maximum absolute atomic E-state index is 13.1. The molecule has 0 amide bonds. The van der Waals surface area contributed by atoms with E-state index in [-0.39, 0.29) is 0 Å². The molecule has 5 heterocycles. The highest BCUT2D eigenvalue weighted by atomic mass is 32.3. The molecule has 0 spiro atoms. The van der Waals surface area contributed by atoms with E-state index in [1.54, 1.807) is 0 Å². The Morgan fingerprint density at radius 3 is 0.824 bits per heavy atom. The van der Waals surface area contributed by atoms with E-state index in [1.165, 1.54) is 0 Å². The van der Waals surface area contributed by atoms with Crippen molar-refractivity contribution in [1.82, 2.24) is 0 Å². The molecule has 0 saturated carbocycles. The normalized spacial score (nSPS) is 38.3. The largest absolute Gasteiger partial charge is 0.726 e. The van der Waals surface area contributed by atoms with Crippen molar-refractivity contribution < 1.29 is 208 Å². The standard InChI is InChI=1S/C39H66O46S6/c1-62-16-13(10-71-86(44,45)46)75-36(28(67-6)19(16)63-2)79-23-21(65-4)30(69-8)38(82-26(23)33(40)41)78-18-15(12-73-88(50,51)52)76-39(32(85-91(59,60)61)25(18)83-89(53,54)55)80-24-22(66-5)29(68-7)37(81-27(24)34(42)43)77-17-14(11-72-87(47,48)49)74-35(70-9)31(20(17)64-3)84-90(56,57)58/h13-32,35-39H,10-12H2,1-9H3,(H,40,41)(H,42,43)(H,44,45,46)(H,47,48,49)(H,50,51,52)(H,53,54,55)(H,56,57,58)(H,59,60,61)/p-8/t13-,14-,15-,16-,17-,18-,19+,20+,21+,22+,23+,24+,25+,26+,27-,28-,29-,30-,31-,32-,35+,36-,37-,38-,39-/m1/s1. The minimum atomic E-state index is -6.45. The summed E-state index contributed by atoms with van der Waals surface area (Å²) in [6, 6.07) is 0. The second kappa shape index (κ2) is 32.7. The first-order chi connectivity index (χ1) is 42.1. The zero-order valence-electron chi connectivity index (χ0n) is 47.8. The number of hydrogen-bond acceptors (Lipinski definition) is 46. The van der Waals surface area contributed by atoms with Gasteiger partial charge in [0.15, 0.2) is 43.7 Å². The molecule has 91 heavy (non-hydrogen) atoms. The summed E-state index contributed by atoms with van der Waals surface area (Å²) >= 11 is 0. The average molecular weight is 1460 g/mol. The number of aliphatic carboxylic acids is 2. The van der Waals surface area contributed by atoms with Gasteiger partial charge in [-0.05, 0) is 0 Å². The highest BCUT2D eigenvalue weighted by molar-refractivity contribution is 7.82. The number of carboxylic acid groups (broad SMARTS) is 2. The zero-order valence-corrected chi connectivity index (χ0v) is 52.7. The van der Waals surface area contributed by atoms with Gasteiger partial charge in [-0.1, -0.05) is 0 Å². The van der Waals surface area contributed by atoms with Crippen LogP contribution in [0.5, 0.6) is 0 Å². The molecule has 0 unspecified atom stereocenters. The molecule has 0 aromatic heterocycles. The summed E-state index contributed by atoms with van der Waals surface area (Å²) in [5.41, 5.74) is 0. The number of rotatable bonds is 34. The van der Waals surface area contributed by atoms with Crippen LogP contribution in [0, 0.1) is 0 Å². The second-order valence-electron chi connectivity index (χ2n) is 18.8. The maximum Gasteiger partial charge on any atom is 0.218 e. The maximum atomic E-state index is 13.1. The third kappa shape index (κ3) is 21.5. The molecule has 5 rings (SSSR count). The molecule has 0 radical (unpaired) electrons. The Hall–Kier alpha value is -2.56. The minimum Gasteiger partial charge on any atom is -0.726 e. The molecule has 534 valence electrons. The first-order valence-electron chi connectivity index (χ1n) is 24.9. The highest BCUT2D eigenvalue weighted by Gasteiger charge is 2.61. The van der Waals surface area contributed by atoms with Crippen LogP contribution in [-0.4, -0.2) is 327 Å². The molecule has 46 nitrogen and oxygen atoms in total. The number of carboxylic acids is 2. The van der Waals surface area contributed by atoms with E-state index in [2.05, 4.69) is 25.1 Å². The molecule has 0 aromatic rings. The van der Waals surface area contributed by atoms with Crippen molar-refractivity contribution in [2.45, 2.75) is 154 Å². The van der Waals surface area contributed by atoms with Gasteiger partial charge in [-0.25, -0.2) is 50.5 Å². The number of carbonyl (C=O) groups excluding carboxylic acids is 2. The molecule has 5 aliphatic rings. The van der Waals surface area contributed by atoms with E-state index in [0.29, 0.717) is 0 Å². The van der Waals surface area contributed by atoms with Crippen molar-refractivity contribution in [2.24, 2.45) is 0 Å². The SMILES string of the molecule is CO[C@H]1O[C@H](COS(=O)(=O)[O-])[C@@H](O[C@@H]2O[C@@H](C(=O)[O-])[C@@H](O[C@H]3O[C@H](COS(=O)(=O)[O-])[C@@H](O[C@@H]4O[C@H](C(=O)[O-])[C@@H](O[C@H]5O[C@H](COS(=O)(=O)[O-])[C@@H](OC)[C@H](OC)[C@H]5OC)[C@H](OC)[C@H]4OC)[C@H](OS(=O)(=O)[O-])[C@H]3OS(=O)(=O)[O-])[C@H](OC)[C@H]2OC)[C@H](OC)[C@H]1OS(=O)(=O)[O-]. The predicted octanol–water partition coefficient (Wildman–Crippen LogP) is -11.6. The van der Waals surface area contributed by atoms with Crippen molar-refractivity contribution in [3.8, 4) is 0 Å². The molecule has 5 saturated heterocycles. The van der Waals surface area contributed by atoms with Gasteiger partial charge in [0.1, 0.15) is 110 Å². The molecular weight excluding hydrogens is 1400 g/mol. The Labute approximate surface area is 517 Å². The van der Waals surface area contributed by atoms with Crippen LogP contribution in [0.2, 0.25) is 0 Å². The fourth-order valence-electron chi connectivity index (χ4n) is 10.2. The molecule has 0 N–H and O–H groups in total. The molecular formula is C39H58O46S6-8. The van der Waals surface area contributed by atoms with Crippen LogP contribution in [0.25, 0.3) is 0 Å². The Morgan fingerprint density at radius 2 is 0.527 bits per heavy atom. The third-order valence-corrected chi connectivity index (χ3v) is 16.3. The third-order valence-electron chi connectivity index (χ3n) is 13.6. The van der Waals surface area contributed by atoms with Crippen LogP contribution in [-0.2, 0) is 182 Å². The van der Waals surface area contributed by atoms with E-state index in [4.69, 9.17) is 85.3 Å². The van der Waals surface area contributed by atoms with Crippen molar-refractivity contribution in [2.75, 3.05) is 83.8 Å². The van der Waals surface area contributed by atoms with Gasteiger partial charge in [0.2, 0.25) is 62.4 Å². The number of carbonyl (C=O) groups is 2. The zero-order chi connectivity index (χ0) is 68.7. The first kappa shape index (κ1) is 79.1. The molecule has 0 aliphatic carbocycles. The van der Waals surface area contributed by atoms with Gasteiger partial charge >= 0.3 is 0 Å². The number of ether oxygens (including phenoxy) is 18. The molecule has 0 aromatic carbocycles. The van der Waals surface area contributed by atoms with Crippen LogP contribution in [0.4, 0.5) is 0 Å². The fourth-order valence-corrected chi connectivity index (χ4v) is 12.5. The van der Waals surface area contributed by atoms with Crippen LogP contribution >= 0.6 is 0 Å². The van der Waals surface area contributed by atoms with E-state index in [0.717, 1.165) is 64.0 Å². The van der Waals surface area contributed by atoms with Crippen LogP contribution in [0.3, 0.4) is 0 Å². The highest BCUT2D eigenvalue weighted by Crippen LogP contribution is 2.41. The van der Waals surface area contributed by atoms with Crippen LogP contribution < -0.4 is 10.2 Å². The molecule has 0 bridgehead atoms. The molecule has 5 fully saturated rings. The van der Waals surface area contributed by atoms with Gasteiger partial charge in [-0.15, -0.1) is 0 Å². The van der Waals surface area contributed by atoms with Gasteiger partial charge < -0.3 is 132 Å². The average Bonchev–Trinajstić information content (AvgIpc) is 0.769. The van der Waals surface area contributed by atoms with Gasteiger partial charge in [-0.2, -0.15) is 0 Å². The van der Waals surface area contributed by atoms with E-state index in [9.17, 15) is 97.6 Å². The summed E-state index contributed by atoms with van der Waals surface area (Å²) in [6.45, 7) is -4.29. The lowest BCUT2D eigenvalue weighted by atomic mass is 9.94. The quantitative estimate of drug-likeness (QED) is 0.0426.